The van der Waals surface area contributed by atoms with Gasteiger partial charge in [-0.1, -0.05) is 29.8 Å². The van der Waals surface area contributed by atoms with Crippen molar-refractivity contribution in [2.45, 2.75) is 12.2 Å². The van der Waals surface area contributed by atoms with Gasteiger partial charge in [-0.25, -0.2) is 0 Å². The Bertz CT molecular complexity index is 584. The highest BCUT2D eigenvalue weighted by Crippen LogP contribution is 2.36. The van der Waals surface area contributed by atoms with Crippen molar-refractivity contribution in [3.8, 4) is 0 Å². The zero-order chi connectivity index (χ0) is 14.0. The van der Waals surface area contributed by atoms with E-state index in [0.29, 0.717) is 0 Å². The number of hydrogen-bond donors (Lipinski definition) is 1. The molecule has 0 radical (unpaired) electrons. The predicted octanol–water partition coefficient (Wildman–Crippen LogP) is 3.80. The molecule has 0 aliphatic carbocycles. The molecule has 1 unspecified atom stereocenters. The zero-order valence-corrected chi connectivity index (χ0v) is 10.4. The summed E-state index contributed by atoms with van der Waals surface area (Å²) in [4.78, 5) is 3.95. The minimum Gasteiger partial charge on any atom is -0.319 e. The molecule has 6 heteroatoms. The first-order valence-electron chi connectivity index (χ1n) is 5.43. The molecule has 100 valence electrons. The number of aromatic nitrogens is 1. The van der Waals surface area contributed by atoms with Gasteiger partial charge in [-0.15, -0.1) is 0 Å². The molecule has 1 aromatic carbocycles. The van der Waals surface area contributed by atoms with Gasteiger partial charge >= 0.3 is 6.18 Å². The molecule has 2 N–H and O–H groups in total. The SMILES string of the molecule is NC(c1ccccc1C(F)(F)F)c1ncccc1Cl. The number of hydrogen-bond acceptors (Lipinski definition) is 2. The molecule has 19 heavy (non-hydrogen) atoms. The third kappa shape index (κ3) is 2.88. The van der Waals surface area contributed by atoms with E-state index in [4.69, 9.17) is 17.3 Å². The van der Waals surface area contributed by atoms with Gasteiger partial charge in [0.25, 0.3) is 0 Å². The smallest absolute Gasteiger partial charge is 0.319 e. The number of rotatable bonds is 2. The number of nitrogens with two attached hydrogens (primary N) is 1. The van der Waals surface area contributed by atoms with Crippen LogP contribution in [0.25, 0.3) is 0 Å². The molecule has 1 heterocycles. The lowest BCUT2D eigenvalue weighted by molar-refractivity contribution is -0.138. The summed E-state index contributed by atoms with van der Waals surface area (Å²) < 4.78 is 38.7. The largest absolute Gasteiger partial charge is 0.416 e. The summed E-state index contributed by atoms with van der Waals surface area (Å²) in [5.74, 6) is 0. The maximum absolute atomic E-state index is 12.9. The number of pyridine rings is 1. The Kier molecular flexibility index (Phi) is 3.78. The minimum absolute atomic E-state index is 0.0457. The molecule has 0 saturated carbocycles. The quantitative estimate of drug-likeness (QED) is 0.912. The average Bonchev–Trinajstić information content (AvgIpc) is 2.37. The molecule has 0 aliphatic heterocycles. The fraction of sp³-hybridized carbons (Fsp3) is 0.154. The van der Waals surface area contributed by atoms with Crippen LogP contribution in [0.2, 0.25) is 5.02 Å². The van der Waals surface area contributed by atoms with Gasteiger partial charge in [-0.05, 0) is 23.8 Å². The van der Waals surface area contributed by atoms with Crippen LogP contribution < -0.4 is 5.73 Å². The van der Waals surface area contributed by atoms with Crippen molar-refractivity contribution >= 4 is 11.6 Å². The van der Waals surface area contributed by atoms with Crippen LogP contribution in [0.5, 0.6) is 0 Å². The topological polar surface area (TPSA) is 38.9 Å². The monoisotopic (exact) mass is 286 g/mol. The molecule has 0 saturated heterocycles. The van der Waals surface area contributed by atoms with Gasteiger partial charge in [0.05, 0.1) is 22.3 Å². The van der Waals surface area contributed by atoms with Crippen LogP contribution in [0.1, 0.15) is 22.9 Å². The highest BCUT2D eigenvalue weighted by atomic mass is 35.5. The van der Waals surface area contributed by atoms with E-state index in [0.717, 1.165) is 6.07 Å². The van der Waals surface area contributed by atoms with Crippen LogP contribution >= 0.6 is 11.6 Å². The first-order valence-corrected chi connectivity index (χ1v) is 5.81. The van der Waals surface area contributed by atoms with E-state index in [1.807, 2.05) is 0 Å². The highest BCUT2D eigenvalue weighted by Gasteiger charge is 2.35. The summed E-state index contributed by atoms with van der Waals surface area (Å²) >= 11 is 5.91. The molecule has 1 atom stereocenters. The Morgan fingerprint density at radius 1 is 1.11 bits per heavy atom. The Balaban J connectivity index is 2.51. The Hall–Kier alpha value is -1.59. The second-order valence-electron chi connectivity index (χ2n) is 3.93. The summed E-state index contributed by atoms with van der Waals surface area (Å²) in [5, 5.41) is 0.243. The van der Waals surface area contributed by atoms with Gasteiger partial charge in [0.1, 0.15) is 0 Å². The number of nitrogens with zero attached hydrogens (tertiary/aromatic N) is 1. The summed E-state index contributed by atoms with van der Waals surface area (Å²) in [6.45, 7) is 0. The fourth-order valence-corrected chi connectivity index (χ4v) is 2.04. The molecule has 0 spiro atoms. The highest BCUT2D eigenvalue weighted by molar-refractivity contribution is 6.31. The van der Waals surface area contributed by atoms with E-state index in [-0.39, 0.29) is 16.3 Å². The Labute approximate surface area is 113 Å². The summed E-state index contributed by atoms with van der Waals surface area (Å²) in [6, 6.07) is 7.26. The normalized spacial score (nSPS) is 13.3. The molecule has 0 aliphatic rings. The minimum atomic E-state index is -4.46. The third-order valence-electron chi connectivity index (χ3n) is 2.68. The molecule has 1 aromatic heterocycles. The van der Waals surface area contributed by atoms with Gasteiger partial charge in [-0.2, -0.15) is 13.2 Å². The maximum Gasteiger partial charge on any atom is 0.416 e. The van der Waals surface area contributed by atoms with Gasteiger partial charge in [0, 0.05) is 6.20 Å². The van der Waals surface area contributed by atoms with Crippen LogP contribution in [0, 0.1) is 0 Å². The average molecular weight is 287 g/mol. The lowest BCUT2D eigenvalue weighted by atomic mass is 9.98. The summed E-state index contributed by atoms with van der Waals surface area (Å²) in [7, 11) is 0. The summed E-state index contributed by atoms with van der Waals surface area (Å²) in [5.41, 5.74) is 5.27. The molecule has 0 amide bonds. The van der Waals surface area contributed by atoms with Crippen molar-refractivity contribution < 1.29 is 13.2 Å². The van der Waals surface area contributed by atoms with Crippen molar-refractivity contribution in [2.24, 2.45) is 5.73 Å². The van der Waals surface area contributed by atoms with E-state index in [9.17, 15) is 13.2 Å². The van der Waals surface area contributed by atoms with Crippen LogP contribution in [0.4, 0.5) is 13.2 Å². The second kappa shape index (κ2) is 5.19. The van der Waals surface area contributed by atoms with Crippen molar-refractivity contribution in [3.63, 3.8) is 0 Å². The fourth-order valence-electron chi connectivity index (χ4n) is 1.80. The molecule has 0 bridgehead atoms. The van der Waals surface area contributed by atoms with Crippen LogP contribution in [-0.4, -0.2) is 4.98 Å². The molecule has 0 fully saturated rings. The van der Waals surface area contributed by atoms with Gasteiger partial charge in [0.15, 0.2) is 0 Å². The lowest BCUT2D eigenvalue weighted by Crippen LogP contribution is -2.19. The molecular weight excluding hydrogens is 277 g/mol. The van der Waals surface area contributed by atoms with Crippen LogP contribution in [0.15, 0.2) is 42.6 Å². The number of alkyl halides is 3. The Morgan fingerprint density at radius 3 is 2.42 bits per heavy atom. The van der Waals surface area contributed by atoms with Crippen molar-refractivity contribution in [2.75, 3.05) is 0 Å². The standard InChI is InChI=1S/C13H10ClF3N2/c14-10-6-3-7-19-12(10)11(18)8-4-1-2-5-9(8)13(15,16)17/h1-7,11H,18H2. The second-order valence-corrected chi connectivity index (χ2v) is 4.34. The zero-order valence-electron chi connectivity index (χ0n) is 9.66. The number of benzene rings is 1. The van der Waals surface area contributed by atoms with E-state index in [2.05, 4.69) is 4.98 Å². The van der Waals surface area contributed by atoms with E-state index in [1.54, 1.807) is 12.1 Å². The van der Waals surface area contributed by atoms with E-state index < -0.39 is 17.8 Å². The third-order valence-corrected chi connectivity index (χ3v) is 3.00. The van der Waals surface area contributed by atoms with Crippen molar-refractivity contribution in [1.82, 2.24) is 4.98 Å². The van der Waals surface area contributed by atoms with Gasteiger partial charge in [-0.3, -0.25) is 4.98 Å². The van der Waals surface area contributed by atoms with Gasteiger partial charge in [0.2, 0.25) is 0 Å². The molecular formula is C13H10ClF3N2. The lowest BCUT2D eigenvalue weighted by Gasteiger charge is -2.18. The van der Waals surface area contributed by atoms with Gasteiger partial charge < -0.3 is 5.73 Å². The maximum atomic E-state index is 12.9. The molecule has 2 nitrogen and oxygen atoms in total. The number of halogens is 4. The van der Waals surface area contributed by atoms with Crippen LogP contribution in [-0.2, 0) is 6.18 Å². The Morgan fingerprint density at radius 2 is 1.79 bits per heavy atom. The van der Waals surface area contributed by atoms with Crippen molar-refractivity contribution in [1.29, 1.82) is 0 Å². The molecule has 2 rings (SSSR count). The molecule has 2 aromatic rings. The predicted molar refractivity (Wildman–Crippen MR) is 66.7 cm³/mol. The summed E-state index contributed by atoms with van der Waals surface area (Å²) in [6.07, 6.45) is -3.02. The van der Waals surface area contributed by atoms with Crippen LogP contribution in [0.3, 0.4) is 0 Å². The first kappa shape index (κ1) is 13.8. The van der Waals surface area contributed by atoms with E-state index >= 15 is 0 Å². The van der Waals surface area contributed by atoms with E-state index in [1.165, 1.54) is 24.4 Å². The first-order chi connectivity index (χ1) is 8.91. The van der Waals surface area contributed by atoms with Crippen molar-refractivity contribution in [3.05, 3.63) is 64.4 Å².